The number of benzene rings is 3. The summed E-state index contributed by atoms with van der Waals surface area (Å²) in [7, 11) is 1.36. The van der Waals surface area contributed by atoms with Gasteiger partial charge in [0.2, 0.25) is 0 Å². The van der Waals surface area contributed by atoms with Crippen molar-refractivity contribution in [3.63, 3.8) is 0 Å². The van der Waals surface area contributed by atoms with Crippen LogP contribution in [0.15, 0.2) is 90.6 Å². The smallest absolute Gasteiger partial charge is 0.416 e. The number of hydrogen-bond donors (Lipinski definition) is 0. The molecule has 1 saturated heterocycles. The third-order valence-corrected chi connectivity index (χ3v) is 5.94. The van der Waals surface area contributed by atoms with Crippen molar-refractivity contribution < 1.29 is 22.7 Å². The van der Waals surface area contributed by atoms with Crippen molar-refractivity contribution in [2.24, 2.45) is 0 Å². The molecule has 0 aliphatic carbocycles. The molecule has 4 rings (SSSR count). The summed E-state index contributed by atoms with van der Waals surface area (Å²) in [6.45, 7) is 0.523. The van der Waals surface area contributed by atoms with Crippen molar-refractivity contribution in [2.75, 3.05) is 7.11 Å². The Bertz CT molecular complexity index is 1120. The lowest BCUT2D eigenvalue weighted by molar-refractivity contribution is -0.137. The first kappa shape index (κ1) is 22.6. The fourth-order valence-electron chi connectivity index (χ4n) is 4.37. The number of carbonyl (C=O) groups is 1. The lowest BCUT2D eigenvalue weighted by Crippen LogP contribution is -2.24. The van der Waals surface area contributed by atoms with Gasteiger partial charge in [-0.15, -0.1) is 0 Å². The van der Waals surface area contributed by atoms with E-state index in [0.717, 1.165) is 34.5 Å². The minimum atomic E-state index is -4.38. The van der Waals surface area contributed by atoms with E-state index in [2.05, 4.69) is 4.90 Å². The molecular weight excluding hydrogens is 427 g/mol. The van der Waals surface area contributed by atoms with E-state index in [1.807, 2.05) is 60.7 Å². The van der Waals surface area contributed by atoms with E-state index in [0.29, 0.717) is 25.0 Å². The van der Waals surface area contributed by atoms with Gasteiger partial charge in [-0.3, -0.25) is 0 Å². The van der Waals surface area contributed by atoms with Crippen molar-refractivity contribution in [1.29, 1.82) is 0 Å². The highest BCUT2D eigenvalue weighted by Crippen LogP contribution is 2.43. The summed E-state index contributed by atoms with van der Waals surface area (Å²) in [4.78, 5) is 15.0. The number of carbonyl (C=O) groups excluding carboxylic acids is 1. The topological polar surface area (TPSA) is 29.5 Å². The second kappa shape index (κ2) is 9.53. The van der Waals surface area contributed by atoms with Gasteiger partial charge in [-0.05, 0) is 41.7 Å². The highest BCUT2D eigenvalue weighted by atomic mass is 19.4. The van der Waals surface area contributed by atoms with E-state index in [1.54, 1.807) is 0 Å². The zero-order valence-corrected chi connectivity index (χ0v) is 18.2. The lowest BCUT2D eigenvalue weighted by Gasteiger charge is -2.30. The van der Waals surface area contributed by atoms with Gasteiger partial charge in [0.25, 0.3) is 0 Å². The van der Waals surface area contributed by atoms with Gasteiger partial charge in [-0.25, -0.2) is 4.79 Å². The number of esters is 1. The lowest BCUT2D eigenvalue weighted by atomic mass is 10.0. The number of likely N-dealkylation sites (tertiary alicyclic amines) is 1. The first-order valence-electron chi connectivity index (χ1n) is 10.7. The van der Waals surface area contributed by atoms with Gasteiger partial charge < -0.3 is 9.64 Å². The fraction of sp³-hybridized carbons (Fsp3) is 0.222. The van der Waals surface area contributed by atoms with E-state index in [4.69, 9.17) is 4.74 Å². The predicted octanol–water partition coefficient (Wildman–Crippen LogP) is 6.63. The summed E-state index contributed by atoms with van der Waals surface area (Å²) in [5.74, 6) is -0.428. The van der Waals surface area contributed by atoms with Crippen LogP contribution in [-0.2, 0) is 22.3 Å². The van der Waals surface area contributed by atoms with Crippen LogP contribution in [0.2, 0.25) is 0 Å². The number of alkyl halides is 3. The average molecular weight is 451 g/mol. The highest BCUT2D eigenvalue weighted by molar-refractivity contribution is 6.17. The zero-order valence-electron chi connectivity index (χ0n) is 18.2. The molecular formula is C27H24F3NO2. The Morgan fingerprint density at radius 2 is 1.55 bits per heavy atom. The van der Waals surface area contributed by atoms with Gasteiger partial charge in [0.15, 0.2) is 0 Å². The van der Waals surface area contributed by atoms with Crippen molar-refractivity contribution in [2.45, 2.75) is 31.6 Å². The molecule has 1 aliphatic heterocycles. The molecule has 0 spiro atoms. The van der Waals surface area contributed by atoms with Crippen LogP contribution < -0.4 is 0 Å². The summed E-state index contributed by atoms with van der Waals surface area (Å²) in [5.41, 5.74) is 3.24. The van der Waals surface area contributed by atoms with Gasteiger partial charge in [0, 0.05) is 12.2 Å². The largest absolute Gasteiger partial charge is 0.465 e. The molecule has 3 nitrogen and oxygen atoms in total. The van der Waals surface area contributed by atoms with Crippen molar-refractivity contribution in [1.82, 2.24) is 4.90 Å². The summed E-state index contributed by atoms with van der Waals surface area (Å²) in [5, 5.41) is 0. The minimum absolute atomic E-state index is 0.161. The first-order valence-corrected chi connectivity index (χ1v) is 10.7. The van der Waals surface area contributed by atoms with E-state index >= 15 is 0 Å². The Hall–Kier alpha value is -3.54. The molecule has 6 heteroatoms. The third-order valence-electron chi connectivity index (χ3n) is 5.94. The van der Waals surface area contributed by atoms with Crippen molar-refractivity contribution in [3.8, 4) is 0 Å². The number of allylic oxidation sites excluding steroid dienone is 1. The molecule has 0 bridgehead atoms. The Labute approximate surface area is 191 Å². The van der Waals surface area contributed by atoms with Crippen LogP contribution in [0.1, 0.15) is 41.1 Å². The van der Waals surface area contributed by atoms with E-state index < -0.39 is 17.7 Å². The van der Waals surface area contributed by atoms with E-state index in [9.17, 15) is 18.0 Å². The maximum absolute atomic E-state index is 13.1. The molecule has 170 valence electrons. The van der Waals surface area contributed by atoms with Crippen molar-refractivity contribution >= 4 is 11.5 Å². The SMILES string of the molecule is COC(=O)/C(=C1/CC[C@@H](c2ccc(C(F)(F)F)cc2)N1Cc1ccccc1)c1ccccc1. The zero-order chi connectivity index (χ0) is 23.4. The summed E-state index contributed by atoms with van der Waals surface area (Å²) in [6.07, 6.45) is -3.09. The first-order chi connectivity index (χ1) is 15.9. The minimum Gasteiger partial charge on any atom is -0.465 e. The molecule has 0 radical (unpaired) electrons. The number of ether oxygens (including phenoxy) is 1. The van der Waals surface area contributed by atoms with Gasteiger partial charge >= 0.3 is 12.1 Å². The summed E-state index contributed by atoms with van der Waals surface area (Å²) in [6, 6.07) is 24.3. The molecule has 0 aromatic heterocycles. The molecule has 0 unspecified atom stereocenters. The Morgan fingerprint density at radius 1 is 0.939 bits per heavy atom. The number of methoxy groups -OCH3 is 1. The molecule has 0 saturated carbocycles. The predicted molar refractivity (Wildman–Crippen MR) is 121 cm³/mol. The molecule has 3 aromatic rings. The van der Waals surface area contributed by atoms with Crippen LogP contribution in [-0.4, -0.2) is 18.0 Å². The Balaban J connectivity index is 1.80. The van der Waals surface area contributed by atoms with Crippen LogP contribution in [0.4, 0.5) is 13.2 Å². The number of rotatable bonds is 5. The molecule has 0 amide bonds. The number of nitrogens with zero attached hydrogens (tertiary/aromatic N) is 1. The summed E-state index contributed by atoms with van der Waals surface area (Å²) < 4.78 is 44.3. The Morgan fingerprint density at radius 3 is 2.12 bits per heavy atom. The summed E-state index contributed by atoms with van der Waals surface area (Å²) >= 11 is 0. The van der Waals surface area contributed by atoms with E-state index in [-0.39, 0.29) is 6.04 Å². The molecule has 1 fully saturated rings. The number of hydrogen-bond acceptors (Lipinski definition) is 3. The molecule has 1 atom stereocenters. The molecule has 3 aromatic carbocycles. The van der Waals surface area contributed by atoms with Crippen molar-refractivity contribution in [3.05, 3.63) is 113 Å². The highest BCUT2D eigenvalue weighted by Gasteiger charge is 2.35. The average Bonchev–Trinajstić information content (AvgIpc) is 3.23. The van der Waals surface area contributed by atoms with Gasteiger partial charge in [-0.1, -0.05) is 72.8 Å². The van der Waals surface area contributed by atoms with Crippen LogP contribution in [0, 0.1) is 0 Å². The monoisotopic (exact) mass is 451 g/mol. The second-order valence-electron chi connectivity index (χ2n) is 7.97. The Kier molecular flexibility index (Phi) is 6.54. The maximum Gasteiger partial charge on any atom is 0.416 e. The van der Waals surface area contributed by atoms with Crippen LogP contribution in [0.25, 0.3) is 5.57 Å². The second-order valence-corrected chi connectivity index (χ2v) is 7.97. The van der Waals surface area contributed by atoms with Crippen LogP contribution in [0.5, 0.6) is 0 Å². The molecule has 1 heterocycles. The van der Waals surface area contributed by atoms with Gasteiger partial charge in [0.05, 0.1) is 24.3 Å². The quantitative estimate of drug-likeness (QED) is 0.322. The normalized spacial score (nSPS) is 17.7. The van der Waals surface area contributed by atoms with Crippen LogP contribution >= 0.6 is 0 Å². The maximum atomic E-state index is 13.1. The standard InChI is InChI=1S/C27H24F3NO2/c1-33-26(32)25(21-10-6-3-7-11-21)24-17-16-23(31(24)18-19-8-4-2-5-9-19)20-12-14-22(15-13-20)27(28,29)30/h2-15,23H,16-18H2,1H3/b25-24-/t23-/m0/s1. The third kappa shape index (κ3) is 4.95. The molecule has 33 heavy (non-hydrogen) atoms. The molecule has 1 aliphatic rings. The molecule has 0 N–H and O–H groups in total. The van der Waals surface area contributed by atoms with E-state index in [1.165, 1.54) is 19.2 Å². The van der Waals surface area contributed by atoms with Gasteiger partial charge in [0.1, 0.15) is 0 Å². The number of halogens is 3. The fourth-order valence-corrected chi connectivity index (χ4v) is 4.37. The van der Waals surface area contributed by atoms with Crippen LogP contribution in [0.3, 0.4) is 0 Å². The van der Waals surface area contributed by atoms with Gasteiger partial charge in [-0.2, -0.15) is 13.2 Å².